The molecule has 0 heterocycles. The lowest BCUT2D eigenvalue weighted by molar-refractivity contribution is -0.181. The van der Waals surface area contributed by atoms with Crippen LogP contribution in [-0.2, 0) is 9.53 Å². The molecule has 0 unspecified atom stereocenters. The average molecular weight is 508 g/mol. The number of hydrogen-bond donors (Lipinski definition) is 0. The minimum absolute atomic E-state index is 0.0376. The van der Waals surface area contributed by atoms with Gasteiger partial charge in [0, 0.05) is 5.41 Å². The standard InChI is InChI=1S/C29H47BrO2/c1-18(2)7-6-8-19(3)22-9-10-23-21-15-25(32-26(31)17-30)29-16-20(29)11-14-28(29,5)24(21)12-13-27(22,23)4/h18-25H,6-17H2,1-5H3/t19-,20+,21-,22+,23-,24-,25-,27+,28+,29-/m0/s1. The fourth-order valence-electron chi connectivity index (χ4n) is 10.6. The summed E-state index contributed by atoms with van der Waals surface area (Å²) in [5.74, 6) is 5.84. The first-order chi connectivity index (χ1) is 15.2. The molecule has 0 bridgehead atoms. The number of fused-ring (bicyclic) bond motifs is 4. The van der Waals surface area contributed by atoms with Crippen molar-refractivity contribution in [2.24, 2.45) is 57.7 Å². The molecule has 0 aliphatic heterocycles. The minimum atomic E-state index is -0.0376. The average Bonchev–Trinajstić information content (AvgIpc) is 3.26. The quantitative estimate of drug-likeness (QED) is 0.258. The summed E-state index contributed by atoms with van der Waals surface area (Å²) in [6, 6.07) is 0. The van der Waals surface area contributed by atoms with Gasteiger partial charge in [0.15, 0.2) is 0 Å². The number of alkyl halides is 1. The van der Waals surface area contributed by atoms with Crippen LogP contribution in [0.5, 0.6) is 0 Å². The van der Waals surface area contributed by atoms with E-state index in [9.17, 15) is 4.79 Å². The lowest BCUT2D eigenvalue weighted by Crippen LogP contribution is -2.57. The van der Waals surface area contributed by atoms with E-state index in [0.29, 0.717) is 21.6 Å². The number of rotatable bonds is 7. The van der Waals surface area contributed by atoms with Gasteiger partial charge in [-0.15, -0.1) is 0 Å². The summed E-state index contributed by atoms with van der Waals surface area (Å²) in [4.78, 5) is 12.4. The molecule has 5 fully saturated rings. The van der Waals surface area contributed by atoms with Crippen LogP contribution >= 0.6 is 15.9 Å². The molecule has 0 saturated heterocycles. The van der Waals surface area contributed by atoms with Gasteiger partial charge in [0.1, 0.15) is 11.4 Å². The highest BCUT2D eigenvalue weighted by atomic mass is 79.9. The largest absolute Gasteiger partial charge is 0.461 e. The highest BCUT2D eigenvalue weighted by Gasteiger charge is 2.78. The molecular formula is C29H47BrO2. The van der Waals surface area contributed by atoms with Crippen molar-refractivity contribution in [3.63, 3.8) is 0 Å². The summed E-state index contributed by atoms with van der Waals surface area (Å²) < 4.78 is 6.26. The van der Waals surface area contributed by atoms with Crippen LogP contribution in [-0.4, -0.2) is 17.4 Å². The van der Waals surface area contributed by atoms with Crippen molar-refractivity contribution in [3.05, 3.63) is 0 Å². The molecule has 32 heavy (non-hydrogen) atoms. The molecule has 2 nitrogen and oxygen atoms in total. The second-order valence-electron chi connectivity index (χ2n) is 13.7. The van der Waals surface area contributed by atoms with Crippen molar-refractivity contribution in [3.8, 4) is 0 Å². The maximum Gasteiger partial charge on any atom is 0.316 e. The summed E-state index contributed by atoms with van der Waals surface area (Å²) in [7, 11) is 0. The van der Waals surface area contributed by atoms with E-state index in [1.165, 1.54) is 64.2 Å². The molecule has 5 rings (SSSR count). The monoisotopic (exact) mass is 506 g/mol. The molecule has 0 aromatic rings. The summed E-state index contributed by atoms with van der Waals surface area (Å²) >= 11 is 3.36. The van der Waals surface area contributed by atoms with E-state index in [0.717, 1.165) is 47.8 Å². The van der Waals surface area contributed by atoms with Crippen molar-refractivity contribution < 1.29 is 9.53 Å². The van der Waals surface area contributed by atoms with Gasteiger partial charge in [0.05, 0.1) is 0 Å². The van der Waals surface area contributed by atoms with E-state index < -0.39 is 0 Å². The Hall–Kier alpha value is -0.0500. The molecule has 5 aliphatic carbocycles. The Morgan fingerprint density at radius 2 is 1.81 bits per heavy atom. The van der Waals surface area contributed by atoms with Crippen LogP contribution in [0.15, 0.2) is 0 Å². The molecule has 0 N–H and O–H groups in total. The number of halogens is 1. The Bertz CT molecular complexity index is 735. The van der Waals surface area contributed by atoms with E-state index in [-0.39, 0.29) is 12.1 Å². The fourth-order valence-corrected chi connectivity index (χ4v) is 10.8. The van der Waals surface area contributed by atoms with Gasteiger partial charge in [-0.25, -0.2) is 0 Å². The summed E-state index contributed by atoms with van der Waals surface area (Å²) in [5, 5.41) is 0.339. The lowest BCUT2D eigenvalue weighted by atomic mass is 9.45. The van der Waals surface area contributed by atoms with E-state index >= 15 is 0 Å². The van der Waals surface area contributed by atoms with Crippen molar-refractivity contribution >= 4 is 21.9 Å². The van der Waals surface area contributed by atoms with Crippen molar-refractivity contribution in [2.45, 2.75) is 111 Å². The third kappa shape index (κ3) is 3.32. The number of hydrogen-bond acceptors (Lipinski definition) is 2. The highest BCUT2D eigenvalue weighted by molar-refractivity contribution is 9.09. The second-order valence-corrected chi connectivity index (χ2v) is 14.2. The fraction of sp³-hybridized carbons (Fsp3) is 0.966. The van der Waals surface area contributed by atoms with Gasteiger partial charge < -0.3 is 4.74 Å². The summed E-state index contributed by atoms with van der Waals surface area (Å²) in [6.07, 6.45) is 15.3. The van der Waals surface area contributed by atoms with E-state index in [1.54, 1.807) is 0 Å². The smallest absolute Gasteiger partial charge is 0.316 e. The zero-order valence-electron chi connectivity index (χ0n) is 21.3. The summed E-state index contributed by atoms with van der Waals surface area (Å²) in [6.45, 7) is 12.6. The Labute approximate surface area is 205 Å². The first-order valence-corrected chi connectivity index (χ1v) is 15.0. The van der Waals surface area contributed by atoms with Crippen LogP contribution in [0, 0.1) is 57.7 Å². The maximum absolute atomic E-state index is 12.4. The molecule has 1 spiro atoms. The topological polar surface area (TPSA) is 26.3 Å². The van der Waals surface area contributed by atoms with Gasteiger partial charge in [-0.2, -0.15) is 0 Å². The molecule has 5 saturated carbocycles. The molecule has 5 aliphatic rings. The van der Waals surface area contributed by atoms with Crippen LogP contribution in [0.4, 0.5) is 0 Å². The van der Waals surface area contributed by atoms with Crippen molar-refractivity contribution in [1.29, 1.82) is 0 Å². The molecule has 0 aromatic carbocycles. The first-order valence-electron chi connectivity index (χ1n) is 13.9. The molecule has 0 radical (unpaired) electrons. The normalized spacial score (nSPS) is 49.7. The molecule has 0 amide bonds. The van der Waals surface area contributed by atoms with Crippen LogP contribution < -0.4 is 0 Å². The minimum Gasteiger partial charge on any atom is -0.461 e. The zero-order valence-corrected chi connectivity index (χ0v) is 22.9. The molecular weight excluding hydrogens is 460 g/mol. The Morgan fingerprint density at radius 1 is 1.03 bits per heavy atom. The number of carbonyl (C=O) groups is 1. The second kappa shape index (κ2) is 8.27. The molecule has 3 heteroatoms. The SMILES string of the molecule is CC(C)CCC[C@H](C)[C@H]1CC[C@H]2[C@@H]3C[C@H](OC(=O)CBr)[C@]45C[C@H]4CC[C@]5(C)[C@H]3CC[C@]12C. The van der Waals surface area contributed by atoms with E-state index in [2.05, 4.69) is 50.5 Å². The Kier molecular flexibility index (Phi) is 6.12. The van der Waals surface area contributed by atoms with E-state index in [1.807, 2.05) is 0 Å². The predicted molar refractivity (Wildman–Crippen MR) is 135 cm³/mol. The van der Waals surface area contributed by atoms with Gasteiger partial charge in [-0.3, -0.25) is 4.79 Å². The van der Waals surface area contributed by atoms with Gasteiger partial charge in [0.2, 0.25) is 0 Å². The van der Waals surface area contributed by atoms with Crippen LogP contribution in [0.1, 0.15) is 105 Å². The van der Waals surface area contributed by atoms with Crippen LogP contribution in [0.2, 0.25) is 0 Å². The maximum atomic E-state index is 12.4. The summed E-state index contributed by atoms with van der Waals surface area (Å²) in [5.41, 5.74) is 1.23. The zero-order chi connectivity index (χ0) is 22.9. The van der Waals surface area contributed by atoms with Crippen LogP contribution in [0.25, 0.3) is 0 Å². The lowest BCUT2D eigenvalue weighted by Gasteiger charge is -2.60. The Morgan fingerprint density at radius 3 is 2.50 bits per heavy atom. The van der Waals surface area contributed by atoms with Crippen LogP contribution in [0.3, 0.4) is 0 Å². The molecule has 182 valence electrons. The highest BCUT2D eigenvalue weighted by Crippen LogP contribution is 2.82. The third-order valence-corrected chi connectivity index (χ3v) is 12.6. The number of esters is 1. The molecule has 0 aromatic heterocycles. The van der Waals surface area contributed by atoms with Gasteiger partial charge in [0.25, 0.3) is 0 Å². The van der Waals surface area contributed by atoms with Crippen molar-refractivity contribution in [2.75, 3.05) is 5.33 Å². The first kappa shape index (κ1) is 23.7. The molecule has 10 atom stereocenters. The number of carbonyl (C=O) groups excluding carboxylic acids is 1. The third-order valence-electron chi connectivity index (χ3n) is 12.1. The van der Waals surface area contributed by atoms with Gasteiger partial charge in [-0.1, -0.05) is 69.8 Å². The van der Waals surface area contributed by atoms with Gasteiger partial charge in [-0.05, 0) is 104 Å². The number of ether oxygens (including phenoxy) is 1. The predicted octanol–water partition coefficient (Wildman–Crippen LogP) is 8.02. The van der Waals surface area contributed by atoms with Crippen molar-refractivity contribution in [1.82, 2.24) is 0 Å². The van der Waals surface area contributed by atoms with Gasteiger partial charge >= 0.3 is 5.97 Å². The van der Waals surface area contributed by atoms with E-state index in [4.69, 9.17) is 4.74 Å². The Balaban J connectivity index is 1.37.